The van der Waals surface area contributed by atoms with Gasteiger partial charge in [0.25, 0.3) is 0 Å². The van der Waals surface area contributed by atoms with Crippen molar-refractivity contribution in [2.24, 2.45) is 5.73 Å². The second-order valence-corrected chi connectivity index (χ2v) is 3.54. The van der Waals surface area contributed by atoms with Crippen LogP contribution in [0.15, 0.2) is 24.3 Å². The van der Waals surface area contributed by atoms with Gasteiger partial charge in [0, 0.05) is 6.54 Å². The lowest BCUT2D eigenvalue weighted by Crippen LogP contribution is -2.34. The van der Waals surface area contributed by atoms with Crippen molar-refractivity contribution in [2.75, 3.05) is 6.54 Å². The van der Waals surface area contributed by atoms with Gasteiger partial charge in [-0.1, -0.05) is 24.3 Å². The number of carbonyl (C=O) groups excluding carboxylic acids is 1. The molecule has 0 aliphatic rings. The molecule has 0 atom stereocenters. The summed E-state index contributed by atoms with van der Waals surface area (Å²) >= 11 is 0. The Bertz CT molecular complexity index is 391. The third kappa shape index (κ3) is 4.86. The number of hydrogen-bond donors (Lipinski definition) is 2. The van der Waals surface area contributed by atoms with Gasteiger partial charge in [-0.05, 0) is 11.1 Å². The fourth-order valence-corrected chi connectivity index (χ4v) is 1.36. The van der Waals surface area contributed by atoms with E-state index in [4.69, 9.17) is 5.73 Å². The second kappa shape index (κ2) is 5.67. The number of rotatable bonds is 4. The fraction of sp³-hybridized carbons (Fsp3) is 0.364. The normalized spacial score (nSPS) is 11.3. The third-order valence-electron chi connectivity index (χ3n) is 2.18. The molecule has 0 bridgehead atoms. The van der Waals surface area contributed by atoms with Gasteiger partial charge >= 0.3 is 6.18 Å². The molecule has 0 aliphatic heterocycles. The van der Waals surface area contributed by atoms with Crippen molar-refractivity contribution < 1.29 is 18.0 Å². The van der Waals surface area contributed by atoms with Crippen molar-refractivity contribution in [3.63, 3.8) is 0 Å². The van der Waals surface area contributed by atoms with E-state index in [1.54, 1.807) is 24.3 Å². The van der Waals surface area contributed by atoms with E-state index in [2.05, 4.69) is 0 Å². The number of carbonyl (C=O) groups is 1. The van der Waals surface area contributed by atoms with E-state index in [1.165, 1.54) is 0 Å². The summed E-state index contributed by atoms with van der Waals surface area (Å²) in [6.07, 6.45) is -4.48. The van der Waals surface area contributed by atoms with Crippen LogP contribution >= 0.6 is 0 Å². The molecule has 0 aromatic heterocycles. The minimum Gasteiger partial charge on any atom is -0.347 e. The first kappa shape index (κ1) is 13.5. The summed E-state index contributed by atoms with van der Waals surface area (Å²) < 4.78 is 35.6. The fourth-order valence-electron chi connectivity index (χ4n) is 1.36. The van der Waals surface area contributed by atoms with E-state index < -0.39 is 18.6 Å². The Kier molecular flexibility index (Phi) is 4.51. The van der Waals surface area contributed by atoms with Crippen molar-refractivity contribution in [1.29, 1.82) is 0 Å². The molecule has 6 heteroatoms. The van der Waals surface area contributed by atoms with Crippen molar-refractivity contribution in [2.45, 2.75) is 19.1 Å². The summed E-state index contributed by atoms with van der Waals surface area (Å²) in [4.78, 5) is 11.3. The van der Waals surface area contributed by atoms with E-state index >= 15 is 0 Å². The van der Waals surface area contributed by atoms with Crippen LogP contribution in [0.3, 0.4) is 0 Å². The van der Waals surface area contributed by atoms with Crippen LogP contribution in [0.4, 0.5) is 13.2 Å². The zero-order valence-corrected chi connectivity index (χ0v) is 9.05. The van der Waals surface area contributed by atoms with Gasteiger partial charge in [-0.2, -0.15) is 13.2 Å². The highest BCUT2D eigenvalue weighted by molar-refractivity contribution is 5.78. The standard InChI is InChI=1S/C11H13F3N2O/c12-11(13,14)7-16-10(17)5-8-3-1-2-4-9(8)6-15/h1-4H,5-7,15H2,(H,16,17). The van der Waals surface area contributed by atoms with Crippen LogP contribution in [-0.2, 0) is 17.8 Å². The van der Waals surface area contributed by atoms with Crippen molar-refractivity contribution in [1.82, 2.24) is 5.32 Å². The van der Waals surface area contributed by atoms with Gasteiger partial charge < -0.3 is 11.1 Å². The van der Waals surface area contributed by atoms with Gasteiger partial charge in [0.15, 0.2) is 0 Å². The molecule has 3 N–H and O–H groups in total. The maximum Gasteiger partial charge on any atom is 0.405 e. The summed E-state index contributed by atoms with van der Waals surface area (Å²) in [5.41, 5.74) is 6.86. The Balaban J connectivity index is 2.56. The van der Waals surface area contributed by atoms with Crippen LogP contribution < -0.4 is 11.1 Å². The molecule has 1 aromatic carbocycles. The van der Waals surface area contributed by atoms with Crippen molar-refractivity contribution >= 4 is 5.91 Å². The second-order valence-electron chi connectivity index (χ2n) is 3.54. The average molecular weight is 246 g/mol. The van der Waals surface area contributed by atoms with Gasteiger partial charge in [0.2, 0.25) is 5.91 Å². The third-order valence-corrected chi connectivity index (χ3v) is 2.18. The predicted molar refractivity (Wildman–Crippen MR) is 57.1 cm³/mol. The van der Waals surface area contributed by atoms with Gasteiger partial charge in [0.05, 0.1) is 6.42 Å². The summed E-state index contributed by atoms with van der Waals surface area (Å²) in [6, 6.07) is 6.90. The molecule has 94 valence electrons. The molecular weight excluding hydrogens is 233 g/mol. The van der Waals surface area contributed by atoms with E-state index in [0.29, 0.717) is 5.56 Å². The number of alkyl halides is 3. The maximum absolute atomic E-state index is 11.9. The smallest absolute Gasteiger partial charge is 0.347 e. The first-order valence-electron chi connectivity index (χ1n) is 5.02. The molecule has 0 aliphatic carbocycles. The first-order chi connectivity index (χ1) is 7.92. The number of nitrogens with two attached hydrogens (primary N) is 1. The topological polar surface area (TPSA) is 55.1 Å². The highest BCUT2D eigenvalue weighted by atomic mass is 19.4. The Hall–Kier alpha value is -1.56. The molecule has 1 rings (SSSR count). The van der Waals surface area contributed by atoms with Crippen molar-refractivity contribution in [3.05, 3.63) is 35.4 Å². The minimum atomic E-state index is -4.39. The van der Waals surface area contributed by atoms with E-state index in [1.807, 2.05) is 5.32 Å². The number of hydrogen-bond acceptors (Lipinski definition) is 2. The highest BCUT2D eigenvalue weighted by Crippen LogP contribution is 2.13. The van der Waals surface area contributed by atoms with Crippen LogP contribution in [0.25, 0.3) is 0 Å². The lowest BCUT2D eigenvalue weighted by atomic mass is 10.0. The minimum absolute atomic E-state index is 0.0938. The molecule has 0 spiro atoms. The van der Waals surface area contributed by atoms with Gasteiger partial charge in [-0.15, -0.1) is 0 Å². The van der Waals surface area contributed by atoms with Gasteiger partial charge in [-0.3, -0.25) is 4.79 Å². The van der Waals surface area contributed by atoms with E-state index in [9.17, 15) is 18.0 Å². The Morgan fingerprint density at radius 3 is 2.35 bits per heavy atom. The lowest BCUT2D eigenvalue weighted by molar-refractivity contribution is -0.138. The zero-order valence-electron chi connectivity index (χ0n) is 9.05. The predicted octanol–water partition coefficient (Wildman–Crippen LogP) is 1.37. The lowest BCUT2D eigenvalue weighted by Gasteiger charge is -2.10. The molecule has 1 aromatic rings. The number of nitrogens with one attached hydrogen (secondary N) is 1. The van der Waals surface area contributed by atoms with Crippen LogP contribution in [0, 0.1) is 0 Å². The molecule has 0 radical (unpaired) electrons. The van der Waals surface area contributed by atoms with Crippen LogP contribution in [0.5, 0.6) is 0 Å². The summed E-state index contributed by atoms with van der Waals surface area (Å²) in [5, 5.41) is 1.82. The molecule has 0 unspecified atom stereocenters. The van der Waals surface area contributed by atoms with Crippen LogP contribution in [-0.4, -0.2) is 18.6 Å². The first-order valence-corrected chi connectivity index (χ1v) is 5.02. The van der Waals surface area contributed by atoms with E-state index in [0.717, 1.165) is 5.56 Å². The zero-order chi connectivity index (χ0) is 12.9. The SMILES string of the molecule is NCc1ccccc1CC(=O)NCC(F)(F)F. The molecule has 0 saturated carbocycles. The monoisotopic (exact) mass is 246 g/mol. The van der Waals surface area contributed by atoms with Gasteiger partial charge in [-0.25, -0.2) is 0 Å². The Labute approximate surface area is 96.8 Å². The van der Waals surface area contributed by atoms with E-state index in [-0.39, 0.29) is 13.0 Å². The average Bonchev–Trinajstić information content (AvgIpc) is 2.26. The molecule has 0 saturated heterocycles. The quantitative estimate of drug-likeness (QED) is 0.843. The van der Waals surface area contributed by atoms with Crippen molar-refractivity contribution in [3.8, 4) is 0 Å². The van der Waals surface area contributed by atoms with Gasteiger partial charge in [0.1, 0.15) is 6.54 Å². The molecule has 3 nitrogen and oxygen atoms in total. The number of benzene rings is 1. The molecule has 0 fully saturated rings. The van der Waals surface area contributed by atoms with Crippen LogP contribution in [0.2, 0.25) is 0 Å². The largest absolute Gasteiger partial charge is 0.405 e. The highest BCUT2D eigenvalue weighted by Gasteiger charge is 2.27. The Morgan fingerprint density at radius 2 is 1.82 bits per heavy atom. The summed E-state index contributed by atoms with van der Waals surface area (Å²) in [7, 11) is 0. The summed E-state index contributed by atoms with van der Waals surface area (Å²) in [5.74, 6) is -0.664. The molecule has 17 heavy (non-hydrogen) atoms. The molecule has 0 heterocycles. The maximum atomic E-state index is 11.9. The molecule has 1 amide bonds. The molecular formula is C11H13F3N2O. The number of halogens is 3. The van der Waals surface area contributed by atoms with Crippen LogP contribution in [0.1, 0.15) is 11.1 Å². The Morgan fingerprint density at radius 1 is 1.24 bits per heavy atom. The summed E-state index contributed by atoms with van der Waals surface area (Å²) in [6.45, 7) is -1.06. The number of amides is 1.